The molecule has 0 aliphatic heterocycles. The van der Waals surface area contributed by atoms with Crippen molar-refractivity contribution >= 4 is 11.9 Å². The maximum absolute atomic E-state index is 13.3. The average molecular weight is 321 g/mol. The lowest BCUT2D eigenvalue weighted by Crippen LogP contribution is -2.28. The van der Waals surface area contributed by atoms with Crippen molar-refractivity contribution in [3.05, 3.63) is 65.2 Å². The van der Waals surface area contributed by atoms with Crippen molar-refractivity contribution in [2.24, 2.45) is 0 Å². The third-order valence-electron chi connectivity index (χ3n) is 2.92. The van der Waals surface area contributed by atoms with Crippen molar-refractivity contribution in [1.82, 2.24) is 5.32 Å². The van der Waals surface area contributed by atoms with E-state index < -0.39 is 30.1 Å². The quantitative estimate of drug-likeness (QED) is 0.856. The molecule has 23 heavy (non-hydrogen) atoms. The fraction of sp³-hybridized carbons (Fsp3) is 0.125. The van der Waals surface area contributed by atoms with Crippen molar-refractivity contribution in [3.63, 3.8) is 0 Å². The third kappa shape index (κ3) is 4.77. The molecule has 0 fully saturated rings. The van der Waals surface area contributed by atoms with Crippen molar-refractivity contribution in [2.45, 2.75) is 6.54 Å². The maximum Gasteiger partial charge on any atom is 0.335 e. The number of aromatic carboxylic acids is 1. The van der Waals surface area contributed by atoms with Crippen LogP contribution in [0.3, 0.4) is 0 Å². The summed E-state index contributed by atoms with van der Waals surface area (Å²) in [4.78, 5) is 22.5. The van der Waals surface area contributed by atoms with Gasteiger partial charge in [-0.05, 0) is 29.8 Å². The third-order valence-corrected chi connectivity index (χ3v) is 2.92. The molecule has 0 atom stereocenters. The molecular weight excluding hydrogens is 308 g/mol. The minimum atomic E-state index is -1.06. The van der Waals surface area contributed by atoms with Gasteiger partial charge in [-0.25, -0.2) is 13.6 Å². The van der Waals surface area contributed by atoms with Gasteiger partial charge in [0.15, 0.2) is 18.2 Å². The number of amides is 1. The van der Waals surface area contributed by atoms with Gasteiger partial charge in [0.2, 0.25) is 0 Å². The van der Waals surface area contributed by atoms with E-state index in [1.807, 2.05) is 0 Å². The van der Waals surface area contributed by atoms with Gasteiger partial charge >= 0.3 is 5.97 Å². The average Bonchev–Trinajstić information content (AvgIpc) is 2.52. The topological polar surface area (TPSA) is 75.6 Å². The van der Waals surface area contributed by atoms with E-state index in [0.29, 0.717) is 11.6 Å². The molecule has 2 rings (SSSR count). The maximum atomic E-state index is 13.3. The number of hydrogen-bond donors (Lipinski definition) is 2. The summed E-state index contributed by atoms with van der Waals surface area (Å²) in [7, 11) is 0. The summed E-state index contributed by atoms with van der Waals surface area (Å²) >= 11 is 0. The van der Waals surface area contributed by atoms with Crippen molar-refractivity contribution in [1.29, 1.82) is 0 Å². The Labute approximate surface area is 130 Å². The lowest BCUT2D eigenvalue weighted by atomic mass is 10.1. The minimum absolute atomic E-state index is 0.106. The minimum Gasteiger partial charge on any atom is -0.481 e. The van der Waals surface area contributed by atoms with Crippen molar-refractivity contribution < 1.29 is 28.2 Å². The molecule has 2 aromatic rings. The second kappa shape index (κ2) is 7.35. The molecule has 0 spiro atoms. The second-order valence-electron chi connectivity index (χ2n) is 4.65. The number of carbonyl (C=O) groups excluding carboxylic acids is 1. The number of hydrogen-bond acceptors (Lipinski definition) is 3. The Bertz CT molecular complexity index is 734. The van der Waals surface area contributed by atoms with Gasteiger partial charge in [-0.1, -0.05) is 12.1 Å². The summed E-state index contributed by atoms with van der Waals surface area (Å²) in [5.74, 6) is -3.44. The van der Waals surface area contributed by atoms with E-state index in [-0.39, 0.29) is 17.9 Å². The molecule has 0 aromatic heterocycles. The number of ether oxygens (including phenoxy) is 1. The molecule has 0 bridgehead atoms. The Morgan fingerprint density at radius 3 is 2.61 bits per heavy atom. The summed E-state index contributed by atoms with van der Waals surface area (Å²) in [5, 5.41) is 11.4. The second-order valence-corrected chi connectivity index (χ2v) is 4.65. The van der Waals surface area contributed by atoms with E-state index in [0.717, 1.165) is 12.1 Å². The van der Waals surface area contributed by atoms with Crippen LogP contribution in [0.2, 0.25) is 0 Å². The highest BCUT2D eigenvalue weighted by Crippen LogP contribution is 2.17. The van der Waals surface area contributed by atoms with Crippen LogP contribution in [-0.2, 0) is 11.3 Å². The van der Waals surface area contributed by atoms with Gasteiger partial charge in [-0.3, -0.25) is 4.79 Å². The van der Waals surface area contributed by atoms with E-state index in [4.69, 9.17) is 9.84 Å². The first-order valence-corrected chi connectivity index (χ1v) is 6.62. The van der Waals surface area contributed by atoms with E-state index in [9.17, 15) is 18.4 Å². The zero-order valence-electron chi connectivity index (χ0n) is 11.9. The molecule has 5 nitrogen and oxygen atoms in total. The van der Waals surface area contributed by atoms with Crippen molar-refractivity contribution in [2.75, 3.05) is 6.61 Å². The number of halogens is 2. The summed E-state index contributed by atoms with van der Waals surface area (Å²) in [6.07, 6.45) is 0. The zero-order chi connectivity index (χ0) is 16.8. The first-order chi connectivity index (χ1) is 11.0. The van der Waals surface area contributed by atoms with Crippen LogP contribution in [0.15, 0.2) is 42.5 Å². The molecular formula is C16H13F2NO4. The summed E-state index contributed by atoms with van der Waals surface area (Å²) in [6, 6.07) is 8.87. The first kappa shape index (κ1) is 16.4. The lowest BCUT2D eigenvalue weighted by molar-refractivity contribution is -0.123. The van der Waals surface area contributed by atoms with Gasteiger partial charge in [-0.15, -0.1) is 0 Å². The monoisotopic (exact) mass is 321 g/mol. The highest BCUT2D eigenvalue weighted by atomic mass is 19.1. The Morgan fingerprint density at radius 1 is 1.13 bits per heavy atom. The van der Waals surface area contributed by atoms with Crippen LogP contribution in [-0.4, -0.2) is 23.6 Å². The van der Waals surface area contributed by atoms with Gasteiger partial charge in [0.1, 0.15) is 5.82 Å². The molecule has 120 valence electrons. The summed E-state index contributed by atoms with van der Waals surface area (Å²) < 4.78 is 31.0. The summed E-state index contributed by atoms with van der Waals surface area (Å²) in [5.41, 5.74) is 0.715. The Balaban J connectivity index is 1.85. The SMILES string of the molecule is O=C(COc1ccc(F)cc1F)NCc1cccc(C(=O)O)c1. The fourth-order valence-corrected chi connectivity index (χ4v) is 1.80. The molecule has 7 heteroatoms. The van der Waals surface area contributed by atoms with Crippen LogP contribution in [0.4, 0.5) is 8.78 Å². The van der Waals surface area contributed by atoms with Gasteiger partial charge in [0.25, 0.3) is 5.91 Å². The van der Waals surface area contributed by atoms with E-state index >= 15 is 0 Å². The lowest BCUT2D eigenvalue weighted by Gasteiger charge is -2.08. The van der Waals surface area contributed by atoms with E-state index in [2.05, 4.69) is 5.32 Å². The molecule has 2 aromatic carbocycles. The van der Waals surface area contributed by atoms with Gasteiger partial charge in [0, 0.05) is 12.6 Å². The Morgan fingerprint density at radius 2 is 1.91 bits per heavy atom. The molecule has 0 saturated heterocycles. The molecule has 0 heterocycles. The predicted octanol–water partition coefficient (Wildman–Crippen LogP) is 2.36. The van der Waals surface area contributed by atoms with Crippen LogP contribution in [0.1, 0.15) is 15.9 Å². The molecule has 0 aliphatic rings. The fourth-order valence-electron chi connectivity index (χ4n) is 1.80. The molecule has 2 N–H and O–H groups in total. The molecule has 1 amide bonds. The first-order valence-electron chi connectivity index (χ1n) is 6.62. The largest absolute Gasteiger partial charge is 0.481 e. The van der Waals surface area contributed by atoms with Gasteiger partial charge in [-0.2, -0.15) is 0 Å². The number of carboxylic acid groups (broad SMARTS) is 1. The molecule has 0 unspecified atom stereocenters. The number of rotatable bonds is 6. The normalized spacial score (nSPS) is 10.2. The smallest absolute Gasteiger partial charge is 0.335 e. The molecule has 0 radical (unpaired) electrons. The van der Waals surface area contributed by atoms with E-state index in [1.165, 1.54) is 12.1 Å². The van der Waals surface area contributed by atoms with Gasteiger partial charge in [0.05, 0.1) is 5.56 Å². The highest BCUT2D eigenvalue weighted by molar-refractivity contribution is 5.87. The van der Waals surface area contributed by atoms with Crippen LogP contribution in [0.25, 0.3) is 0 Å². The number of carboxylic acids is 1. The van der Waals surface area contributed by atoms with Crippen molar-refractivity contribution in [3.8, 4) is 5.75 Å². The standard InChI is InChI=1S/C16H13F2NO4/c17-12-4-5-14(13(18)7-12)23-9-15(20)19-8-10-2-1-3-11(6-10)16(21)22/h1-7H,8-9H2,(H,19,20)(H,21,22). The van der Waals surface area contributed by atoms with E-state index in [1.54, 1.807) is 12.1 Å². The molecule has 0 aliphatic carbocycles. The number of carbonyl (C=O) groups is 2. The number of benzene rings is 2. The Kier molecular flexibility index (Phi) is 5.24. The number of nitrogens with one attached hydrogen (secondary N) is 1. The van der Waals surface area contributed by atoms with Crippen LogP contribution in [0.5, 0.6) is 5.75 Å². The predicted molar refractivity (Wildman–Crippen MR) is 77.1 cm³/mol. The Hall–Kier alpha value is -2.96. The van der Waals surface area contributed by atoms with Crippen LogP contribution in [0, 0.1) is 11.6 Å². The zero-order valence-corrected chi connectivity index (χ0v) is 11.9. The van der Waals surface area contributed by atoms with Crippen LogP contribution < -0.4 is 10.1 Å². The van der Waals surface area contributed by atoms with Gasteiger partial charge < -0.3 is 15.2 Å². The van der Waals surface area contributed by atoms with Crippen LogP contribution >= 0.6 is 0 Å². The highest BCUT2D eigenvalue weighted by Gasteiger charge is 2.08. The summed E-state index contributed by atoms with van der Waals surface area (Å²) in [6.45, 7) is -0.337. The molecule has 0 saturated carbocycles.